The second-order valence-corrected chi connectivity index (χ2v) is 11.9. The number of hydrogen-bond donors (Lipinski definition) is 0. The molecule has 40 heavy (non-hydrogen) atoms. The monoisotopic (exact) mass is 544 g/mol. The van der Waals surface area contributed by atoms with Gasteiger partial charge >= 0.3 is 0 Å². The molecular formula is C34H19BN3S2. The van der Waals surface area contributed by atoms with Crippen LogP contribution in [0.1, 0.15) is 0 Å². The van der Waals surface area contributed by atoms with Gasteiger partial charge in [-0.05, 0) is 18.2 Å². The molecule has 0 saturated carbocycles. The summed E-state index contributed by atoms with van der Waals surface area (Å²) in [4.78, 5) is 10.7. The van der Waals surface area contributed by atoms with Crippen LogP contribution in [-0.2, 0) is 0 Å². The van der Waals surface area contributed by atoms with Crippen molar-refractivity contribution >= 4 is 93.4 Å². The smallest absolute Gasteiger partial charge is 0.235 e. The largest absolute Gasteiger partial charge is 0.276 e. The van der Waals surface area contributed by atoms with Gasteiger partial charge in [0.15, 0.2) is 0 Å². The molecule has 5 aromatic carbocycles. The van der Waals surface area contributed by atoms with Crippen molar-refractivity contribution in [2.24, 2.45) is 0 Å². The molecule has 0 saturated heterocycles. The fourth-order valence-electron chi connectivity index (χ4n) is 5.91. The summed E-state index contributed by atoms with van der Waals surface area (Å²) < 4.78 is 7.21. The Morgan fingerprint density at radius 2 is 1.12 bits per heavy atom. The van der Waals surface area contributed by atoms with E-state index in [1.54, 1.807) is 11.3 Å². The van der Waals surface area contributed by atoms with Crippen molar-refractivity contribution in [3.8, 4) is 17.2 Å². The normalized spacial score (nSPS) is 11.8. The third kappa shape index (κ3) is 3.18. The lowest BCUT2D eigenvalue weighted by Gasteiger charge is -2.10. The Morgan fingerprint density at radius 3 is 1.95 bits per heavy atom. The Balaban J connectivity index is 0.00000245. The minimum atomic E-state index is 0. The molecule has 4 aromatic heterocycles. The number of rotatable bonds is 2. The number of thiophene rings is 2. The molecule has 0 spiro atoms. The fourth-order valence-corrected chi connectivity index (χ4v) is 8.30. The van der Waals surface area contributed by atoms with Gasteiger partial charge in [0.05, 0.1) is 31.6 Å². The zero-order valence-corrected chi connectivity index (χ0v) is 22.8. The van der Waals surface area contributed by atoms with Crippen molar-refractivity contribution in [1.82, 2.24) is 14.5 Å². The summed E-state index contributed by atoms with van der Waals surface area (Å²) in [5.41, 5.74) is 5.38. The van der Waals surface area contributed by atoms with Crippen LogP contribution in [0.2, 0.25) is 0 Å². The summed E-state index contributed by atoms with van der Waals surface area (Å²) in [6.45, 7) is 0. The quantitative estimate of drug-likeness (QED) is 0.203. The molecule has 0 fully saturated rings. The predicted molar refractivity (Wildman–Crippen MR) is 173 cm³/mol. The Morgan fingerprint density at radius 1 is 0.500 bits per heavy atom. The molecule has 9 rings (SSSR count). The molecular weight excluding hydrogens is 525 g/mol. The first-order chi connectivity index (χ1) is 19.3. The molecule has 185 valence electrons. The zero-order valence-electron chi connectivity index (χ0n) is 21.2. The van der Waals surface area contributed by atoms with Gasteiger partial charge in [0, 0.05) is 50.3 Å². The van der Waals surface area contributed by atoms with Crippen LogP contribution in [0.5, 0.6) is 0 Å². The van der Waals surface area contributed by atoms with Crippen molar-refractivity contribution in [1.29, 1.82) is 0 Å². The Kier molecular flexibility index (Phi) is 5.11. The van der Waals surface area contributed by atoms with Gasteiger partial charge in [0.1, 0.15) is 0 Å². The number of hydrogen-bond acceptors (Lipinski definition) is 4. The van der Waals surface area contributed by atoms with E-state index < -0.39 is 0 Å². The van der Waals surface area contributed by atoms with E-state index in [0.717, 1.165) is 27.0 Å². The molecule has 3 nitrogen and oxygen atoms in total. The van der Waals surface area contributed by atoms with E-state index in [1.165, 1.54) is 46.5 Å². The SMILES string of the molecule is [B].c1ccc(-c2nc(-n3c4ccccc4c4ccc5c6ccccc6sc5c43)nc3c2sc2ccccc23)cc1. The first kappa shape index (κ1) is 23.4. The first-order valence-corrected chi connectivity index (χ1v) is 14.6. The second-order valence-electron chi connectivity index (χ2n) is 9.80. The topological polar surface area (TPSA) is 30.7 Å². The maximum atomic E-state index is 5.34. The molecule has 0 amide bonds. The van der Waals surface area contributed by atoms with Crippen LogP contribution in [0.3, 0.4) is 0 Å². The maximum absolute atomic E-state index is 5.34. The van der Waals surface area contributed by atoms with Crippen LogP contribution >= 0.6 is 22.7 Å². The Labute approximate surface area is 239 Å². The molecule has 0 unspecified atom stereocenters. The number of aromatic nitrogens is 3. The molecule has 0 aliphatic rings. The number of nitrogens with zero attached hydrogens (tertiary/aromatic N) is 3. The molecule has 0 N–H and O–H groups in total. The summed E-state index contributed by atoms with van der Waals surface area (Å²) in [5.74, 6) is 0.709. The van der Waals surface area contributed by atoms with Crippen LogP contribution in [0.15, 0.2) is 115 Å². The molecule has 0 aliphatic carbocycles. The lowest BCUT2D eigenvalue weighted by atomic mass is 10.1. The summed E-state index contributed by atoms with van der Waals surface area (Å²) in [5, 5.41) is 6.18. The van der Waals surface area contributed by atoms with E-state index in [9.17, 15) is 0 Å². The standard InChI is InChI=1S/C34H19N3S2.B/c1-2-10-20(11-3-1)29-33-30(25-14-6-9-17-28(25)39-33)36-34(35-29)37-26-15-7-4-12-21(26)23-18-19-24-22-13-5-8-16-27(22)38-32(24)31(23)37;/h1-19H;. The molecule has 9 aromatic rings. The lowest BCUT2D eigenvalue weighted by Crippen LogP contribution is -2.02. The predicted octanol–water partition coefficient (Wildman–Crippen LogP) is 9.60. The summed E-state index contributed by atoms with van der Waals surface area (Å²) >= 11 is 3.62. The van der Waals surface area contributed by atoms with Gasteiger partial charge in [-0.2, -0.15) is 0 Å². The number of benzene rings is 5. The minimum Gasteiger partial charge on any atom is -0.276 e. The highest BCUT2D eigenvalue weighted by Crippen LogP contribution is 2.44. The van der Waals surface area contributed by atoms with Crippen molar-refractivity contribution in [2.45, 2.75) is 0 Å². The Hall–Kier alpha value is -4.52. The van der Waals surface area contributed by atoms with Crippen molar-refractivity contribution in [3.05, 3.63) is 115 Å². The van der Waals surface area contributed by atoms with Gasteiger partial charge in [-0.25, -0.2) is 9.97 Å². The fraction of sp³-hybridized carbons (Fsp3) is 0. The molecule has 3 radical (unpaired) electrons. The van der Waals surface area contributed by atoms with Gasteiger partial charge in [-0.15, -0.1) is 22.7 Å². The van der Waals surface area contributed by atoms with Crippen LogP contribution in [0.4, 0.5) is 0 Å². The average molecular weight is 544 g/mol. The van der Waals surface area contributed by atoms with Crippen molar-refractivity contribution < 1.29 is 0 Å². The third-order valence-corrected chi connectivity index (χ3v) is 9.99. The maximum Gasteiger partial charge on any atom is 0.235 e. The van der Waals surface area contributed by atoms with E-state index >= 15 is 0 Å². The van der Waals surface area contributed by atoms with Gasteiger partial charge in [-0.1, -0.05) is 97.1 Å². The van der Waals surface area contributed by atoms with E-state index in [-0.39, 0.29) is 8.41 Å². The van der Waals surface area contributed by atoms with Crippen molar-refractivity contribution in [3.63, 3.8) is 0 Å². The molecule has 6 heteroatoms. The summed E-state index contributed by atoms with van der Waals surface area (Å²) in [7, 11) is 0. The highest BCUT2D eigenvalue weighted by atomic mass is 32.1. The lowest BCUT2D eigenvalue weighted by molar-refractivity contribution is 1.02. The number of fused-ring (bicyclic) bond motifs is 10. The second kappa shape index (κ2) is 8.75. The van der Waals surface area contributed by atoms with Gasteiger partial charge < -0.3 is 0 Å². The van der Waals surface area contributed by atoms with Crippen LogP contribution in [0, 0.1) is 0 Å². The van der Waals surface area contributed by atoms with E-state index in [2.05, 4.69) is 120 Å². The van der Waals surface area contributed by atoms with E-state index in [1.807, 2.05) is 11.3 Å². The van der Waals surface area contributed by atoms with Crippen molar-refractivity contribution in [2.75, 3.05) is 0 Å². The number of para-hydroxylation sites is 1. The molecule has 0 atom stereocenters. The molecule has 0 aliphatic heterocycles. The Bertz CT molecular complexity index is 2400. The van der Waals surface area contributed by atoms with Crippen LogP contribution in [-0.4, -0.2) is 22.9 Å². The molecule has 0 bridgehead atoms. The van der Waals surface area contributed by atoms with Crippen LogP contribution in [0.25, 0.3) is 79.5 Å². The van der Waals surface area contributed by atoms with Gasteiger partial charge in [0.25, 0.3) is 0 Å². The highest BCUT2D eigenvalue weighted by molar-refractivity contribution is 7.27. The first-order valence-electron chi connectivity index (χ1n) is 12.9. The van der Waals surface area contributed by atoms with Crippen LogP contribution < -0.4 is 0 Å². The average Bonchev–Trinajstić information content (AvgIpc) is 3.66. The summed E-state index contributed by atoms with van der Waals surface area (Å²) in [6.07, 6.45) is 0. The summed E-state index contributed by atoms with van der Waals surface area (Å²) in [6, 6.07) is 40.9. The highest BCUT2D eigenvalue weighted by Gasteiger charge is 2.22. The zero-order chi connectivity index (χ0) is 25.5. The molecule has 4 heterocycles. The van der Waals surface area contributed by atoms with Gasteiger partial charge in [-0.3, -0.25) is 4.57 Å². The van der Waals surface area contributed by atoms with Gasteiger partial charge in [0.2, 0.25) is 5.95 Å². The van der Waals surface area contributed by atoms with E-state index in [0.29, 0.717) is 5.95 Å². The minimum absolute atomic E-state index is 0. The van der Waals surface area contributed by atoms with E-state index in [4.69, 9.17) is 9.97 Å². The third-order valence-electron chi connectivity index (χ3n) is 7.63.